The van der Waals surface area contributed by atoms with Gasteiger partial charge in [0.15, 0.2) is 6.29 Å². The first-order valence-corrected chi connectivity index (χ1v) is 31.5. The molecule has 9 atom stereocenters. The molecule has 75 heavy (non-hydrogen) atoms. The van der Waals surface area contributed by atoms with Gasteiger partial charge in [-0.3, -0.25) is 4.79 Å². The molecule has 11 heteroatoms. The number of hydrogen-bond donors (Lipinski definition) is 8. The van der Waals surface area contributed by atoms with Gasteiger partial charge in [-0.05, 0) is 89.9 Å². The maximum absolute atomic E-state index is 13.2. The van der Waals surface area contributed by atoms with Crippen molar-refractivity contribution in [1.29, 1.82) is 0 Å². The molecule has 0 saturated carbocycles. The van der Waals surface area contributed by atoms with Crippen LogP contribution in [0.5, 0.6) is 0 Å². The minimum Gasteiger partial charge on any atom is -0.394 e. The Labute approximate surface area is 459 Å². The number of nitrogens with one attached hydrogen (secondary N) is 1. The molecule has 1 rings (SSSR count). The molecule has 0 spiro atoms. The summed E-state index contributed by atoms with van der Waals surface area (Å²) < 4.78 is 11.1. The zero-order valence-electron chi connectivity index (χ0n) is 48.3. The number of unbranched alkanes of at least 4 members (excludes halogenated alkanes) is 34. The van der Waals surface area contributed by atoms with Crippen molar-refractivity contribution in [3.05, 3.63) is 48.6 Å². The lowest BCUT2D eigenvalue weighted by Crippen LogP contribution is -2.60. The fraction of sp³-hybridized carbons (Fsp3) is 0.859. The van der Waals surface area contributed by atoms with E-state index in [-0.39, 0.29) is 12.8 Å². The largest absolute Gasteiger partial charge is 0.394 e. The normalized spacial score (nSPS) is 20.0. The fourth-order valence-electron chi connectivity index (χ4n) is 9.94. The summed E-state index contributed by atoms with van der Waals surface area (Å²) in [4.78, 5) is 13.2. The monoisotopic (exact) mass is 1060 g/mol. The first-order chi connectivity index (χ1) is 36.7. The fourth-order valence-corrected chi connectivity index (χ4v) is 9.94. The van der Waals surface area contributed by atoms with Gasteiger partial charge in [0.2, 0.25) is 5.91 Å². The van der Waals surface area contributed by atoms with Gasteiger partial charge in [0.25, 0.3) is 0 Å². The van der Waals surface area contributed by atoms with Crippen molar-refractivity contribution in [2.24, 2.45) is 0 Å². The molecule has 11 nitrogen and oxygen atoms in total. The van der Waals surface area contributed by atoms with Crippen molar-refractivity contribution >= 4 is 5.91 Å². The summed E-state index contributed by atoms with van der Waals surface area (Å²) in [6.07, 6.45) is 56.1. The van der Waals surface area contributed by atoms with E-state index in [9.17, 15) is 40.5 Å². The molecule has 440 valence electrons. The van der Waals surface area contributed by atoms with Gasteiger partial charge >= 0.3 is 0 Å². The lowest BCUT2D eigenvalue weighted by molar-refractivity contribution is -0.303. The van der Waals surface area contributed by atoms with E-state index in [1.807, 2.05) is 0 Å². The van der Waals surface area contributed by atoms with Gasteiger partial charge in [0.1, 0.15) is 36.6 Å². The minimum atomic E-state index is -1.68. The van der Waals surface area contributed by atoms with Crippen LogP contribution in [0, 0.1) is 0 Å². The number of ether oxygens (including phenoxy) is 2. The molecule has 1 heterocycles. The molecule has 0 aliphatic carbocycles. The number of aliphatic hydroxyl groups is 7. The van der Waals surface area contributed by atoms with Gasteiger partial charge in [0, 0.05) is 0 Å². The second-order valence-corrected chi connectivity index (χ2v) is 22.1. The van der Waals surface area contributed by atoms with Crippen molar-refractivity contribution in [1.82, 2.24) is 5.32 Å². The van der Waals surface area contributed by atoms with Crippen molar-refractivity contribution in [3.63, 3.8) is 0 Å². The zero-order chi connectivity index (χ0) is 54.7. The molecule has 1 saturated heterocycles. The van der Waals surface area contributed by atoms with Gasteiger partial charge in [-0.25, -0.2) is 0 Å². The molecule has 1 amide bonds. The molecule has 1 aliphatic rings. The van der Waals surface area contributed by atoms with Crippen LogP contribution in [0.3, 0.4) is 0 Å². The topological polar surface area (TPSA) is 189 Å². The van der Waals surface area contributed by atoms with Gasteiger partial charge < -0.3 is 50.5 Å². The summed E-state index contributed by atoms with van der Waals surface area (Å²) in [6, 6.07) is -1.20. The average Bonchev–Trinajstić information content (AvgIpc) is 3.41. The van der Waals surface area contributed by atoms with E-state index in [0.29, 0.717) is 19.3 Å². The Balaban J connectivity index is 2.30. The maximum Gasteiger partial charge on any atom is 0.249 e. The Morgan fingerprint density at radius 2 is 0.800 bits per heavy atom. The van der Waals surface area contributed by atoms with Gasteiger partial charge in [0.05, 0.1) is 25.4 Å². The average molecular weight is 1060 g/mol. The van der Waals surface area contributed by atoms with E-state index in [4.69, 9.17) is 9.47 Å². The number of carbonyl (C=O) groups is 1. The SMILES string of the molecule is CCCCCCCCCC/C=C\CCCCCCCCC(O)C(=O)NC(COC1OC(CO)C(O)C(O)C1O)C(O)C(O)CCC/C=C/CC/C=C/CC/C=C/CCCCCCCCCCCCCCCCCCC. The van der Waals surface area contributed by atoms with Crippen molar-refractivity contribution in [2.75, 3.05) is 13.2 Å². The van der Waals surface area contributed by atoms with Crippen LogP contribution in [0.4, 0.5) is 0 Å². The van der Waals surface area contributed by atoms with E-state index in [1.54, 1.807) is 0 Å². The Morgan fingerprint density at radius 3 is 1.19 bits per heavy atom. The summed E-state index contributed by atoms with van der Waals surface area (Å²) in [5, 5.41) is 76.2. The molecule has 0 bridgehead atoms. The molecule has 8 N–H and O–H groups in total. The number of allylic oxidation sites excluding steroid dienone is 8. The smallest absolute Gasteiger partial charge is 0.249 e. The van der Waals surface area contributed by atoms with E-state index in [0.717, 1.165) is 64.2 Å². The Morgan fingerprint density at radius 1 is 0.453 bits per heavy atom. The third-order valence-corrected chi connectivity index (χ3v) is 15.1. The van der Waals surface area contributed by atoms with Crippen molar-refractivity contribution in [2.45, 2.75) is 339 Å². The first-order valence-electron chi connectivity index (χ1n) is 31.5. The number of amides is 1. The van der Waals surface area contributed by atoms with Crippen LogP contribution in [0.25, 0.3) is 0 Å². The number of carbonyl (C=O) groups excluding carboxylic acids is 1. The molecule has 0 aromatic heterocycles. The van der Waals surface area contributed by atoms with Gasteiger partial charge in [-0.2, -0.15) is 0 Å². The summed E-state index contributed by atoms with van der Waals surface area (Å²) >= 11 is 0. The maximum atomic E-state index is 13.2. The van der Waals surface area contributed by atoms with Crippen molar-refractivity contribution in [3.8, 4) is 0 Å². The number of aliphatic hydroxyl groups excluding tert-OH is 7. The van der Waals surface area contributed by atoms with E-state index < -0.39 is 74.2 Å². The third kappa shape index (κ3) is 40.9. The number of rotatable bonds is 54. The minimum absolute atomic E-state index is 0.239. The van der Waals surface area contributed by atoms with E-state index in [1.165, 1.54) is 173 Å². The van der Waals surface area contributed by atoms with Gasteiger partial charge in [-0.15, -0.1) is 0 Å². The standard InChI is InChI=1S/C64H119NO10/c1-3-5-7-9-11-13-15-17-19-21-23-24-25-26-27-28-29-30-31-32-33-34-36-37-39-41-43-45-47-49-51-56(67)59(69)55(54-74-64-62(72)61(71)60(70)58(53-66)75-64)65-63(73)57(68)52-50-48-46-44-42-40-38-35-22-20-18-16-14-12-10-8-6-4-2/h22,31-32,35-37,43,45,55-62,64,66-72H,3-21,23-30,33-34,38-42,44,46-54H2,1-2H3,(H,65,73)/b32-31+,35-22-,37-36+,45-43+. The van der Waals surface area contributed by atoms with Crippen LogP contribution in [0.1, 0.15) is 284 Å². The summed E-state index contributed by atoms with van der Waals surface area (Å²) in [6.45, 7) is 3.46. The van der Waals surface area contributed by atoms with Crippen LogP contribution in [-0.4, -0.2) is 110 Å². The molecule has 0 radical (unpaired) electrons. The lowest BCUT2D eigenvalue weighted by Gasteiger charge is -2.40. The highest BCUT2D eigenvalue weighted by atomic mass is 16.7. The second kappa shape index (κ2) is 52.8. The molecule has 1 aliphatic heterocycles. The highest BCUT2D eigenvalue weighted by Gasteiger charge is 2.44. The molecular weight excluding hydrogens is 943 g/mol. The molecule has 0 aromatic carbocycles. The highest BCUT2D eigenvalue weighted by Crippen LogP contribution is 2.23. The molecule has 1 fully saturated rings. The summed E-state index contributed by atoms with van der Waals surface area (Å²) in [5.74, 6) is -0.716. The Bertz CT molecular complexity index is 1360. The second-order valence-electron chi connectivity index (χ2n) is 22.1. The quantitative estimate of drug-likeness (QED) is 0.0215. The van der Waals surface area contributed by atoms with Crippen LogP contribution in [-0.2, 0) is 14.3 Å². The van der Waals surface area contributed by atoms with Crippen molar-refractivity contribution < 1.29 is 50.0 Å². The van der Waals surface area contributed by atoms with Crippen LogP contribution >= 0.6 is 0 Å². The Kier molecular flexibility index (Phi) is 50.0. The van der Waals surface area contributed by atoms with Crippen LogP contribution < -0.4 is 5.32 Å². The summed E-state index contributed by atoms with van der Waals surface area (Å²) in [5.41, 5.74) is 0. The third-order valence-electron chi connectivity index (χ3n) is 15.1. The van der Waals surface area contributed by atoms with Crippen LogP contribution in [0.15, 0.2) is 48.6 Å². The molecule has 0 aromatic rings. The lowest BCUT2D eigenvalue weighted by atomic mass is 9.98. The predicted octanol–water partition coefficient (Wildman–Crippen LogP) is 14.0. The first kappa shape index (κ1) is 71.1. The van der Waals surface area contributed by atoms with E-state index >= 15 is 0 Å². The van der Waals surface area contributed by atoms with E-state index in [2.05, 4.69) is 67.8 Å². The number of hydrogen-bond acceptors (Lipinski definition) is 10. The zero-order valence-corrected chi connectivity index (χ0v) is 48.3. The molecule has 9 unspecified atom stereocenters. The van der Waals surface area contributed by atoms with Crippen LogP contribution in [0.2, 0.25) is 0 Å². The highest BCUT2D eigenvalue weighted by molar-refractivity contribution is 5.80. The summed E-state index contributed by atoms with van der Waals surface area (Å²) in [7, 11) is 0. The Hall–Kier alpha value is -1.93. The van der Waals surface area contributed by atoms with Gasteiger partial charge in [-0.1, -0.05) is 242 Å². The predicted molar refractivity (Wildman–Crippen MR) is 311 cm³/mol. The molecular formula is C64H119NO10.